The van der Waals surface area contributed by atoms with Crippen molar-refractivity contribution < 1.29 is 19.7 Å². The van der Waals surface area contributed by atoms with Crippen molar-refractivity contribution in [3.8, 4) is 11.5 Å². The smallest absolute Gasteiger partial charge is 0.306 e. The van der Waals surface area contributed by atoms with Crippen LogP contribution in [0.3, 0.4) is 0 Å². The lowest BCUT2D eigenvalue weighted by Gasteiger charge is -2.18. The maximum Gasteiger partial charge on any atom is 0.306 e. The fraction of sp³-hybridized carbons (Fsp3) is 0.188. The number of ether oxygens (including phenoxy) is 1. The second kappa shape index (κ2) is 6.21. The van der Waals surface area contributed by atoms with E-state index in [1.54, 1.807) is 30.3 Å². The summed E-state index contributed by atoms with van der Waals surface area (Å²) in [6.45, 7) is 0. The molecule has 0 fully saturated rings. The number of carbonyl (C=O) groups excluding carboxylic acids is 1. The summed E-state index contributed by atoms with van der Waals surface area (Å²) >= 11 is 1.04. The molecule has 1 aromatic heterocycles. The molecule has 7 heteroatoms. The molecule has 6 nitrogen and oxygen atoms in total. The lowest BCUT2D eigenvalue weighted by molar-refractivity contribution is -0.140. The van der Waals surface area contributed by atoms with E-state index in [1.165, 1.54) is 13.2 Å². The SMILES string of the molecule is COC(=O)C[C@H](c1cccc(O)c1)c1c(O)ccc2nsnc12. The highest BCUT2D eigenvalue weighted by Crippen LogP contribution is 2.39. The van der Waals surface area contributed by atoms with Gasteiger partial charge >= 0.3 is 5.97 Å². The number of phenols is 2. The van der Waals surface area contributed by atoms with E-state index in [1.807, 2.05) is 0 Å². The van der Waals surface area contributed by atoms with E-state index < -0.39 is 11.9 Å². The molecule has 1 atom stereocenters. The molecule has 0 saturated heterocycles. The van der Waals surface area contributed by atoms with Crippen LogP contribution < -0.4 is 0 Å². The highest BCUT2D eigenvalue weighted by atomic mass is 32.1. The summed E-state index contributed by atoms with van der Waals surface area (Å²) in [6.07, 6.45) is 0.0180. The summed E-state index contributed by atoms with van der Waals surface area (Å²) in [6, 6.07) is 9.79. The van der Waals surface area contributed by atoms with Crippen LogP contribution in [0, 0.1) is 0 Å². The van der Waals surface area contributed by atoms with E-state index in [0.717, 1.165) is 11.7 Å². The zero-order valence-electron chi connectivity index (χ0n) is 12.3. The molecule has 0 aliphatic rings. The van der Waals surface area contributed by atoms with Gasteiger partial charge in [0.25, 0.3) is 0 Å². The van der Waals surface area contributed by atoms with E-state index in [0.29, 0.717) is 22.2 Å². The van der Waals surface area contributed by atoms with Gasteiger partial charge in [-0.15, -0.1) is 0 Å². The maximum atomic E-state index is 11.8. The normalized spacial score (nSPS) is 12.2. The van der Waals surface area contributed by atoms with E-state index >= 15 is 0 Å². The van der Waals surface area contributed by atoms with Crippen molar-refractivity contribution in [2.75, 3.05) is 7.11 Å². The summed E-state index contributed by atoms with van der Waals surface area (Å²) in [5, 5.41) is 20.1. The van der Waals surface area contributed by atoms with Crippen LogP contribution in [-0.4, -0.2) is 32.0 Å². The molecular formula is C16H14N2O4S. The first-order valence-corrected chi connectivity index (χ1v) is 7.63. The first kappa shape index (κ1) is 15.2. The Balaban J connectivity index is 2.19. The average Bonchev–Trinajstić information content (AvgIpc) is 3.01. The third kappa shape index (κ3) is 2.95. The van der Waals surface area contributed by atoms with Gasteiger partial charge < -0.3 is 14.9 Å². The number of esters is 1. The highest BCUT2D eigenvalue weighted by Gasteiger charge is 2.25. The lowest BCUT2D eigenvalue weighted by atomic mass is 9.87. The minimum Gasteiger partial charge on any atom is -0.508 e. The van der Waals surface area contributed by atoms with Crippen molar-refractivity contribution in [2.45, 2.75) is 12.3 Å². The van der Waals surface area contributed by atoms with Crippen molar-refractivity contribution >= 4 is 28.7 Å². The predicted molar refractivity (Wildman–Crippen MR) is 85.7 cm³/mol. The Morgan fingerprint density at radius 1 is 1.26 bits per heavy atom. The number of hydrogen-bond acceptors (Lipinski definition) is 7. The van der Waals surface area contributed by atoms with Gasteiger partial charge in [0.1, 0.15) is 22.5 Å². The topological polar surface area (TPSA) is 92.5 Å². The molecule has 0 saturated carbocycles. The van der Waals surface area contributed by atoms with Crippen molar-refractivity contribution in [3.63, 3.8) is 0 Å². The van der Waals surface area contributed by atoms with Gasteiger partial charge in [0.2, 0.25) is 0 Å². The van der Waals surface area contributed by atoms with Crippen LogP contribution in [0.5, 0.6) is 11.5 Å². The third-order valence-corrected chi connectivity index (χ3v) is 4.21. The summed E-state index contributed by atoms with van der Waals surface area (Å²) < 4.78 is 13.2. The minimum atomic E-state index is -0.498. The number of nitrogens with zero attached hydrogens (tertiary/aromatic N) is 2. The van der Waals surface area contributed by atoms with Gasteiger partial charge in [-0.2, -0.15) is 8.75 Å². The fourth-order valence-corrected chi connectivity index (χ4v) is 3.13. The molecule has 0 spiro atoms. The Morgan fingerprint density at radius 3 is 2.83 bits per heavy atom. The van der Waals surface area contributed by atoms with Crippen LogP contribution in [0.25, 0.3) is 11.0 Å². The van der Waals surface area contributed by atoms with E-state index in [2.05, 4.69) is 8.75 Å². The van der Waals surface area contributed by atoms with Crippen molar-refractivity contribution in [1.82, 2.24) is 8.75 Å². The number of rotatable bonds is 4. The molecular weight excluding hydrogens is 316 g/mol. The van der Waals surface area contributed by atoms with Gasteiger partial charge in [0, 0.05) is 11.5 Å². The Kier molecular flexibility index (Phi) is 4.12. The first-order chi connectivity index (χ1) is 11.1. The molecule has 0 radical (unpaired) electrons. The van der Waals surface area contributed by atoms with Crippen molar-refractivity contribution in [1.29, 1.82) is 0 Å². The molecule has 0 unspecified atom stereocenters. The highest BCUT2D eigenvalue weighted by molar-refractivity contribution is 7.00. The van der Waals surface area contributed by atoms with E-state index in [9.17, 15) is 15.0 Å². The molecule has 0 bridgehead atoms. The Hall–Kier alpha value is -2.67. The first-order valence-electron chi connectivity index (χ1n) is 6.90. The molecule has 2 aromatic carbocycles. The Labute approximate surface area is 136 Å². The van der Waals surface area contributed by atoms with Gasteiger partial charge in [-0.3, -0.25) is 4.79 Å². The molecule has 1 heterocycles. The van der Waals surface area contributed by atoms with Crippen LogP contribution in [0.15, 0.2) is 36.4 Å². The number of hydrogen-bond donors (Lipinski definition) is 2. The quantitative estimate of drug-likeness (QED) is 0.715. The second-order valence-corrected chi connectivity index (χ2v) is 5.59. The molecule has 23 heavy (non-hydrogen) atoms. The molecule has 3 aromatic rings. The fourth-order valence-electron chi connectivity index (χ4n) is 2.58. The van der Waals surface area contributed by atoms with Gasteiger partial charge in [-0.05, 0) is 29.8 Å². The number of fused-ring (bicyclic) bond motifs is 1. The number of benzene rings is 2. The zero-order valence-corrected chi connectivity index (χ0v) is 13.1. The largest absolute Gasteiger partial charge is 0.508 e. The zero-order chi connectivity index (χ0) is 16.4. The van der Waals surface area contributed by atoms with Gasteiger partial charge in [0.15, 0.2) is 0 Å². The predicted octanol–water partition coefficient (Wildman–Crippen LogP) is 2.80. The van der Waals surface area contributed by atoms with Crippen LogP contribution >= 0.6 is 11.7 Å². The standard InChI is InChI=1S/C16H14N2O4S/c1-22-14(21)8-11(9-3-2-4-10(19)7-9)15-13(20)6-5-12-16(15)18-23-17-12/h2-7,11,19-20H,8H2,1H3/t11-/m1/s1. The molecule has 0 aliphatic carbocycles. The summed E-state index contributed by atoms with van der Waals surface area (Å²) in [5.41, 5.74) is 2.39. The van der Waals surface area contributed by atoms with Crippen LogP contribution in [0.2, 0.25) is 0 Å². The Morgan fingerprint density at radius 2 is 2.09 bits per heavy atom. The van der Waals surface area contributed by atoms with Gasteiger partial charge in [-0.1, -0.05) is 12.1 Å². The number of aromatic nitrogens is 2. The molecule has 2 N–H and O–H groups in total. The van der Waals surface area contributed by atoms with Gasteiger partial charge in [0.05, 0.1) is 25.3 Å². The van der Waals surface area contributed by atoms with E-state index in [-0.39, 0.29) is 17.9 Å². The summed E-state index contributed by atoms with van der Waals surface area (Å²) in [7, 11) is 1.31. The molecule has 0 amide bonds. The number of carbonyl (C=O) groups is 1. The van der Waals surface area contributed by atoms with Crippen LogP contribution in [0.1, 0.15) is 23.5 Å². The molecule has 0 aliphatic heterocycles. The van der Waals surface area contributed by atoms with Crippen molar-refractivity contribution in [2.24, 2.45) is 0 Å². The summed E-state index contributed by atoms with van der Waals surface area (Å²) in [4.78, 5) is 11.8. The lowest BCUT2D eigenvalue weighted by Crippen LogP contribution is -2.11. The number of phenolic OH excluding ortho intramolecular Hbond substituents is 2. The Bertz CT molecular complexity index is 862. The third-order valence-electron chi connectivity index (χ3n) is 3.66. The number of aromatic hydroxyl groups is 2. The second-order valence-electron chi connectivity index (χ2n) is 5.06. The summed E-state index contributed by atoms with van der Waals surface area (Å²) in [5.74, 6) is -0.803. The monoisotopic (exact) mass is 330 g/mol. The minimum absolute atomic E-state index is 0.0180. The van der Waals surface area contributed by atoms with Crippen LogP contribution in [0.4, 0.5) is 0 Å². The van der Waals surface area contributed by atoms with E-state index in [4.69, 9.17) is 4.74 Å². The van der Waals surface area contributed by atoms with Gasteiger partial charge in [-0.25, -0.2) is 0 Å². The maximum absolute atomic E-state index is 11.8. The number of methoxy groups -OCH3 is 1. The average molecular weight is 330 g/mol. The molecule has 118 valence electrons. The van der Waals surface area contributed by atoms with Crippen LogP contribution in [-0.2, 0) is 9.53 Å². The van der Waals surface area contributed by atoms with Crippen molar-refractivity contribution in [3.05, 3.63) is 47.5 Å². The molecule has 3 rings (SSSR count).